The number of halogens is 2. The molecule has 1 aromatic carbocycles. The first-order valence-electron chi connectivity index (χ1n) is 4.98. The molecule has 0 spiro atoms. The summed E-state index contributed by atoms with van der Waals surface area (Å²) in [6.45, 7) is 0. The second-order valence-corrected chi connectivity index (χ2v) is 4.80. The molecular weight excluding hydrogens is 316 g/mol. The van der Waals surface area contributed by atoms with Gasteiger partial charge in [-0.1, -0.05) is 27.5 Å². The van der Waals surface area contributed by atoms with E-state index >= 15 is 0 Å². The Morgan fingerprint density at radius 3 is 2.89 bits per heavy atom. The molecule has 0 bridgehead atoms. The summed E-state index contributed by atoms with van der Waals surface area (Å²) in [6, 6.07) is 8.94. The maximum atomic E-state index is 8.89. The first-order valence-corrected chi connectivity index (χ1v) is 6.15. The van der Waals surface area contributed by atoms with Crippen LogP contribution in [0.5, 0.6) is 0 Å². The Hall–Kier alpha value is -1.77. The number of nitrogens with one attached hydrogen (secondary N) is 1. The van der Waals surface area contributed by atoms with Crippen molar-refractivity contribution in [3.63, 3.8) is 0 Å². The highest BCUT2D eigenvalue weighted by molar-refractivity contribution is 9.10. The first kappa shape index (κ1) is 12.7. The molecule has 2 aromatic rings. The minimum Gasteiger partial charge on any atom is -0.395 e. The van der Waals surface area contributed by atoms with Crippen molar-refractivity contribution in [2.75, 3.05) is 11.1 Å². The summed E-state index contributed by atoms with van der Waals surface area (Å²) < 4.78 is 0.879. The lowest BCUT2D eigenvalue weighted by Crippen LogP contribution is -2.01. The highest BCUT2D eigenvalue weighted by atomic mass is 79.9. The molecule has 0 aliphatic rings. The van der Waals surface area contributed by atoms with E-state index in [2.05, 4.69) is 26.2 Å². The van der Waals surface area contributed by atoms with Gasteiger partial charge in [0.15, 0.2) is 5.82 Å². The zero-order valence-electron chi connectivity index (χ0n) is 9.11. The van der Waals surface area contributed by atoms with Gasteiger partial charge in [-0.2, -0.15) is 5.26 Å². The second-order valence-electron chi connectivity index (χ2n) is 3.48. The molecule has 4 nitrogen and oxygen atoms in total. The Labute approximate surface area is 118 Å². The molecule has 6 heteroatoms. The van der Waals surface area contributed by atoms with Crippen LogP contribution in [0, 0.1) is 11.3 Å². The van der Waals surface area contributed by atoms with Gasteiger partial charge in [0.2, 0.25) is 0 Å². The summed E-state index contributed by atoms with van der Waals surface area (Å²) in [4.78, 5) is 4.09. The van der Waals surface area contributed by atoms with Crippen LogP contribution >= 0.6 is 27.5 Å². The third kappa shape index (κ3) is 2.55. The van der Waals surface area contributed by atoms with Gasteiger partial charge >= 0.3 is 0 Å². The SMILES string of the molecule is N#Cc1ccnc(Nc2cc(Br)ccc2Cl)c1N. The Kier molecular flexibility index (Phi) is 3.70. The molecule has 1 heterocycles. The van der Waals surface area contributed by atoms with Crippen molar-refractivity contribution in [1.82, 2.24) is 4.98 Å². The van der Waals surface area contributed by atoms with Gasteiger partial charge in [0, 0.05) is 10.7 Å². The summed E-state index contributed by atoms with van der Waals surface area (Å²) >= 11 is 9.41. The molecule has 0 amide bonds. The maximum Gasteiger partial charge on any atom is 0.154 e. The molecule has 2 rings (SSSR count). The van der Waals surface area contributed by atoms with Gasteiger partial charge in [-0.3, -0.25) is 0 Å². The van der Waals surface area contributed by atoms with E-state index in [4.69, 9.17) is 22.6 Å². The van der Waals surface area contributed by atoms with E-state index < -0.39 is 0 Å². The predicted octanol–water partition coefficient (Wildman–Crippen LogP) is 3.69. The number of nitrogens with zero attached hydrogens (tertiary/aromatic N) is 2. The van der Waals surface area contributed by atoms with Crippen LogP contribution in [0.4, 0.5) is 17.2 Å². The molecule has 0 aliphatic heterocycles. The molecule has 0 aliphatic carbocycles. The molecule has 1 aromatic heterocycles. The first-order chi connectivity index (χ1) is 8.61. The number of pyridine rings is 1. The van der Waals surface area contributed by atoms with E-state index in [-0.39, 0.29) is 0 Å². The van der Waals surface area contributed by atoms with Gasteiger partial charge in [-0.25, -0.2) is 4.98 Å². The molecule has 0 radical (unpaired) electrons. The highest BCUT2D eigenvalue weighted by Crippen LogP contribution is 2.30. The van der Waals surface area contributed by atoms with E-state index in [0.717, 1.165) is 4.47 Å². The van der Waals surface area contributed by atoms with Gasteiger partial charge < -0.3 is 11.1 Å². The number of nitrogen functional groups attached to an aromatic ring is 1. The Morgan fingerprint density at radius 2 is 2.17 bits per heavy atom. The number of anilines is 3. The normalized spacial score (nSPS) is 9.83. The lowest BCUT2D eigenvalue weighted by Gasteiger charge is -2.10. The summed E-state index contributed by atoms with van der Waals surface area (Å²) in [5, 5.41) is 12.4. The van der Waals surface area contributed by atoms with Crippen LogP contribution in [0.1, 0.15) is 5.56 Å². The molecule has 0 saturated carbocycles. The molecular formula is C12H8BrClN4. The van der Waals surface area contributed by atoms with E-state index in [9.17, 15) is 0 Å². The molecule has 18 heavy (non-hydrogen) atoms. The van der Waals surface area contributed by atoms with Crippen molar-refractivity contribution in [2.24, 2.45) is 0 Å². The fourth-order valence-corrected chi connectivity index (χ4v) is 1.92. The minimum atomic E-state index is 0.302. The molecule has 0 atom stereocenters. The number of hydrogen-bond acceptors (Lipinski definition) is 4. The molecule has 0 unspecified atom stereocenters. The van der Waals surface area contributed by atoms with E-state index in [1.807, 2.05) is 18.2 Å². The van der Waals surface area contributed by atoms with Gasteiger partial charge in [-0.05, 0) is 24.3 Å². The number of nitrogens with two attached hydrogens (primary N) is 1. The lowest BCUT2D eigenvalue weighted by atomic mass is 10.2. The zero-order valence-corrected chi connectivity index (χ0v) is 11.5. The Morgan fingerprint density at radius 1 is 1.39 bits per heavy atom. The largest absolute Gasteiger partial charge is 0.395 e. The van der Waals surface area contributed by atoms with E-state index in [0.29, 0.717) is 27.8 Å². The van der Waals surface area contributed by atoms with Crippen LogP contribution in [0.15, 0.2) is 34.9 Å². The monoisotopic (exact) mass is 322 g/mol. The zero-order chi connectivity index (χ0) is 13.1. The van der Waals surface area contributed by atoms with Crippen molar-refractivity contribution < 1.29 is 0 Å². The van der Waals surface area contributed by atoms with Crippen LogP contribution in [-0.2, 0) is 0 Å². The van der Waals surface area contributed by atoms with Gasteiger partial charge in [0.25, 0.3) is 0 Å². The number of hydrogen-bond donors (Lipinski definition) is 2. The van der Waals surface area contributed by atoms with Crippen LogP contribution in [-0.4, -0.2) is 4.98 Å². The number of benzene rings is 1. The average molecular weight is 324 g/mol. The third-order valence-corrected chi connectivity index (χ3v) is 3.11. The molecule has 0 saturated heterocycles. The smallest absolute Gasteiger partial charge is 0.154 e. The number of rotatable bonds is 2. The standard InChI is InChI=1S/C12H8BrClN4/c13-8-1-2-9(14)10(5-8)18-12-11(16)7(6-15)3-4-17-12/h1-5H,16H2,(H,17,18). The van der Waals surface area contributed by atoms with Crippen LogP contribution < -0.4 is 11.1 Å². The van der Waals surface area contributed by atoms with Crippen LogP contribution in [0.25, 0.3) is 0 Å². The van der Waals surface area contributed by atoms with Crippen molar-refractivity contribution in [3.8, 4) is 6.07 Å². The van der Waals surface area contributed by atoms with Crippen LogP contribution in [0.3, 0.4) is 0 Å². The fraction of sp³-hybridized carbons (Fsp3) is 0. The fourth-order valence-electron chi connectivity index (χ4n) is 1.39. The van der Waals surface area contributed by atoms with Crippen molar-refractivity contribution in [3.05, 3.63) is 45.5 Å². The van der Waals surface area contributed by atoms with Gasteiger partial charge in [-0.15, -0.1) is 0 Å². The number of aromatic nitrogens is 1. The van der Waals surface area contributed by atoms with Gasteiger partial charge in [0.1, 0.15) is 6.07 Å². The predicted molar refractivity (Wildman–Crippen MR) is 75.8 cm³/mol. The van der Waals surface area contributed by atoms with Gasteiger partial charge in [0.05, 0.1) is 22.0 Å². The Balaban J connectivity index is 2.41. The quantitative estimate of drug-likeness (QED) is 0.883. The van der Waals surface area contributed by atoms with Crippen molar-refractivity contribution >= 4 is 44.7 Å². The maximum absolute atomic E-state index is 8.89. The topological polar surface area (TPSA) is 74.7 Å². The lowest BCUT2D eigenvalue weighted by molar-refractivity contribution is 1.30. The van der Waals surface area contributed by atoms with E-state index in [1.165, 1.54) is 6.20 Å². The Bertz CT molecular complexity index is 636. The molecule has 90 valence electrons. The second kappa shape index (κ2) is 5.25. The van der Waals surface area contributed by atoms with Crippen molar-refractivity contribution in [1.29, 1.82) is 5.26 Å². The average Bonchev–Trinajstić information content (AvgIpc) is 2.36. The summed E-state index contributed by atoms with van der Waals surface area (Å²) in [6.07, 6.45) is 1.52. The number of nitriles is 1. The van der Waals surface area contributed by atoms with E-state index in [1.54, 1.807) is 12.1 Å². The van der Waals surface area contributed by atoms with Crippen LogP contribution in [0.2, 0.25) is 5.02 Å². The summed E-state index contributed by atoms with van der Waals surface area (Å²) in [7, 11) is 0. The summed E-state index contributed by atoms with van der Waals surface area (Å²) in [5.41, 5.74) is 7.17. The van der Waals surface area contributed by atoms with Crippen molar-refractivity contribution in [2.45, 2.75) is 0 Å². The molecule has 3 N–H and O–H groups in total. The third-order valence-electron chi connectivity index (χ3n) is 2.29. The highest BCUT2D eigenvalue weighted by Gasteiger charge is 2.08. The molecule has 0 fully saturated rings. The summed E-state index contributed by atoms with van der Waals surface area (Å²) in [5.74, 6) is 0.411. The minimum absolute atomic E-state index is 0.302.